The maximum atomic E-state index is 12.2. The molecule has 1 unspecified atom stereocenters. The van der Waals surface area contributed by atoms with Crippen molar-refractivity contribution in [2.75, 3.05) is 19.7 Å². The number of morpholine rings is 1. The van der Waals surface area contributed by atoms with Crippen LogP contribution in [0, 0.1) is 0 Å². The molecule has 0 spiro atoms. The van der Waals surface area contributed by atoms with E-state index >= 15 is 0 Å². The van der Waals surface area contributed by atoms with Crippen LogP contribution in [0.25, 0.3) is 0 Å². The summed E-state index contributed by atoms with van der Waals surface area (Å²) in [5, 5.41) is 8.93. The minimum Gasteiger partial charge on any atom is -0.479 e. The third-order valence-corrected chi connectivity index (χ3v) is 3.56. The van der Waals surface area contributed by atoms with Crippen molar-refractivity contribution in [2.24, 2.45) is 5.73 Å². The van der Waals surface area contributed by atoms with E-state index in [4.69, 9.17) is 15.6 Å². The monoisotopic (exact) mass is 292 g/mol. The fraction of sp³-hybridized carbons (Fsp3) is 0.467. The molecule has 114 valence electrons. The number of benzene rings is 1. The highest BCUT2D eigenvalue weighted by Crippen LogP contribution is 2.10. The van der Waals surface area contributed by atoms with E-state index < -0.39 is 18.1 Å². The molecule has 2 atom stereocenters. The molecule has 1 aliphatic rings. The van der Waals surface area contributed by atoms with Crippen LogP contribution in [0.4, 0.5) is 0 Å². The van der Waals surface area contributed by atoms with E-state index in [9.17, 15) is 9.59 Å². The first-order valence-corrected chi connectivity index (χ1v) is 7.00. The van der Waals surface area contributed by atoms with Gasteiger partial charge in [-0.25, -0.2) is 4.79 Å². The van der Waals surface area contributed by atoms with E-state index in [0.717, 1.165) is 12.0 Å². The second-order valence-electron chi connectivity index (χ2n) is 5.11. The zero-order chi connectivity index (χ0) is 15.2. The minimum atomic E-state index is -1.05. The van der Waals surface area contributed by atoms with Crippen molar-refractivity contribution in [3.63, 3.8) is 0 Å². The summed E-state index contributed by atoms with van der Waals surface area (Å²) >= 11 is 0. The summed E-state index contributed by atoms with van der Waals surface area (Å²) in [7, 11) is 0. The quantitative estimate of drug-likeness (QED) is 0.812. The Bertz CT molecular complexity index is 492. The van der Waals surface area contributed by atoms with E-state index in [1.54, 1.807) is 0 Å². The topological polar surface area (TPSA) is 92.9 Å². The number of rotatable bonds is 5. The number of hydrogen-bond acceptors (Lipinski definition) is 4. The largest absolute Gasteiger partial charge is 0.479 e. The van der Waals surface area contributed by atoms with Gasteiger partial charge in [-0.2, -0.15) is 0 Å². The van der Waals surface area contributed by atoms with E-state index in [2.05, 4.69) is 0 Å². The van der Waals surface area contributed by atoms with Crippen LogP contribution in [0.3, 0.4) is 0 Å². The molecule has 0 radical (unpaired) electrons. The Balaban J connectivity index is 1.85. The molecule has 1 amide bonds. The molecule has 3 N–H and O–H groups in total. The van der Waals surface area contributed by atoms with Gasteiger partial charge in [-0.1, -0.05) is 30.3 Å². The first-order valence-electron chi connectivity index (χ1n) is 7.00. The van der Waals surface area contributed by atoms with Gasteiger partial charge in [0.1, 0.15) is 0 Å². The Labute approximate surface area is 123 Å². The number of aryl methyl sites for hydroxylation is 1. The highest BCUT2D eigenvalue weighted by Gasteiger charge is 2.30. The predicted octanol–water partition coefficient (Wildman–Crippen LogP) is 0.258. The minimum absolute atomic E-state index is 0.0627. The van der Waals surface area contributed by atoms with Crippen LogP contribution in [-0.2, 0) is 20.7 Å². The summed E-state index contributed by atoms with van der Waals surface area (Å²) in [5.74, 6) is -1.26. The number of carboxylic acid groups (broad SMARTS) is 1. The first kappa shape index (κ1) is 15.5. The summed E-state index contributed by atoms with van der Waals surface area (Å²) in [4.78, 5) is 24.6. The summed E-state index contributed by atoms with van der Waals surface area (Å²) in [5.41, 5.74) is 7.07. The van der Waals surface area contributed by atoms with Crippen molar-refractivity contribution in [1.29, 1.82) is 0 Å². The van der Waals surface area contributed by atoms with Crippen molar-refractivity contribution in [3.05, 3.63) is 35.9 Å². The Hall–Kier alpha value is -1.92. The maximum absolute atomic E-state index is 12.2. The van der Waals surface area contributed by atoms with Gasteiger partial charge in [-0.15, -0.1) is 0 Å². The molecule has 1 aliphatic heterocycles. The van der Waals surface area contributed by atoms with Crippen molar-refractivity contribution in [1.82, 2.24) is 4.90 Å². The van der Waals surface area contributed by atoms with Crippen LogP contribution in [-0.4, -0.2) is 53.7 Å². The number of hydrogen-bond donors (Lipinski definition) is 2. The molecule has 1 saturated heterocycles. The van der Waals surface area contributed by atoms with E-state index in [0.29, 0.717) is 13.0 Å². The summed E-state index contributed by atoms with van der Waals surface area (Å²) in [6.45, 7) is 0.683. The molecule has 6 nitrogen and oxygen atoms in total. The molecule has 2 rings (SSSR count). The van der Waals surface area contributed by atoms with Gasteiger partial charge in [0.05, 0.1) is 19.2 Å². The average Bonchev–Trinajstić information content (AvgIpc) is 2.53. The number of carboxylic acids is 1. The number of nitrogens with two attached hydrogens (primary N) is 1. The first-order chi connectivity index (χ1) is 10.1. The second kappa shape index (κ2) is 7.19. The fourth-order valence-electron chi connectivity index (χ4n) is 2.32. The Morgan fingerprint density at radius 3 is 2.76 bits per heavy atom. The Morgan fingerprint density at radius 1 is 1.38 bits per heavy atom. The second-order valence-corrected chi connectivity index (χ2v) is 5.11. The van der Waals surface area contributed by atoms with Crippen molar-refractivity contribution in [2.45, 2.75) is 25.0 Å². The molecule has 1 fully saturated rings. The number of aliphatic carboxylic acids is 1. The molecule has 6 heteroatoms. The molecular weight excluding hydrogens is 272 g/mol. The SMILES string of the molecule is N[C@@H](CCc1ccccc1)C(=O)N1CCOC(C(=O)O)C1. The molecule has 0 aromatic heterocycles. The Morgan fingerprint density at radius 2 is 2.10 bits per heavy atom. The van der Waals surface area contributed by atoms with E-state index in [1.807, 2.05) is 30.3 Å². The van der Waals surface area contributed by atoms with Crippen LogP contribution in [0.5, 0.6) is 0 Å². The molecule has 21 heavy (non-hydrogen) atoms. The number of ether oxygens (including phenoxy) is 1. The smallest absolute Gasteiger partial charge is 0.334 e. The van der Waals surface area contributed by atoms with Crippen LogP contribution < -0.4 is 5.73 Å². The highest BCUT2D eigenvalue weighted by molar-refractivity contribution is 5.83. The number of carbonyl (C=O) groups is 2. The molecular formula is C15H20N2O4. The molecule has 0 bridgehead atoms. The van der Waals surface area contributed by atoms with Crippen LogP contribution in [0.1, 0.15) is 12.0 Å². The van der Waals surface area contributed by atoms with Crippen LogP contribution in [0.2, 0.25) is 0 Å². The zero-order valence-electron chi connectivity index (χ0n) is 11.8. The van der Waals surface area contributed by atoms with Crippen LogP contribution >= 0.6 is 0 Å². The summed E-state index contributed by atoms with van der Waals surface area (Å²) in [6.07, 6.45) is 0.308. The molecule has 0 saturated carbocycles. The van der Waals surface area contributed by atoms with Crippen LogP contribution in [0.15, 0.2) is 30.3 Å². The molecule has 0 aliphatic carbocycles. The molecule has 1 heterocycles. The lowest BCUT2D eigenvalue weighted by molar-refractivity contribution is -0.159. The van der Waals surface area contributed by atoms with Gasteiger partial charge in [0.15, 0.2) is 6.10 Å². The third-order valence-electron chi connectivity index (χ3n) is 3.56. The van der Waals surface area contributed by atoms with E-state index in [-0.39, 0.29) is 19.1 Å². The number of amides is 1. The number of nitrogens with zero attached hydrogens (tertiary/aromatic N) is 1. The lowest BCUT2D eigenvalue weighted by atomic mass is 10.0. The van der Waals surface area contributed by atoms with Crippen molar-refractivity contribution in [3.8, 4) is 0 Å². The van der Waals surface area contributed by atoms with Gasteiger partial charge < -0.3 is 20.5 Å². The normalized spacial score (nSPS) is 20.0. The molecule has 1 aromatic rings. The fourth-order valence-corrected chi connectivity index (χ4v) is 2.32. The molecule has 1 aromatic carbocycles. The lowest BCUT2D eigenvalue weighted by Gasteiger charge is -2.32. The summed E-state index contributed by atoms with van der Waals surface area (Å²) < 4.78 is 5.09. The van der Waals surface area contributed by atoms with Gasteiger partial charge in [-0.05, 0) is 18.4 Å². The van der Waals surface area contributed by atoms with Gasteiger partial charge in [-0.3, -0.25) is 4.79 Å². The maximum Gasteiger partial charge on any atom is 0.334 e. The Kier molecular flexibility index (Phi) is 5.30. The van der Waals surface area contributed by atoms with Gasteiger partial charge >= 0.3 is 5.97 Å². The third kappa shape index (κ3) is 4.27. The summed E-state index contributed by atoms with van der Waals surface area (Å²) in [6, 6.07) is 9.20. The predicted molar refractivity (Wildman–Crippen MR) is 76.7 cm³/mol. The number of carbonyl (C=O) groups excluding carboxylic acids is 1. The average molecular weight is 292 g/mol. The zero-order valence-corrected chi connectivity index (χ0v) is 11.8. The van der Waals surface area contributed by atoms with E-state index in [1.165, 1.54) is 4.90 Å². The van der Waals surface area contributed by atoms with Crippen molar-refractivity contribution >= 4 is 11.9 Å². The lowest BCUT2D eigenvalue weighted by Crippen LogP contribution is -2.53. The van der Waals surface area contributed by atoms with Gasteiger partial charge in [0.2, 0.25) is 5.91 Å². The van der Waals surface area contributed by atoms with Gasteiger partial charge in [0.25, 0.3) is 0 Å². The highest BCUT2D eigenvalue weighted by atomic mass is 16.5. The van der Waals surface area contributed by atoms with Gasteiger partial charge in [0, 0.05) is 6.54 Å². The standard InChI is InChI=1S/C15H20N2O4/c16-12(7-6-11-4-2-1-3-5-11)14(18)17-8-9-21-13(10-17)15(19)20/h1-5,12-13H,6-10,16H2,(H,19,20)/t12-,13?/m0/s1. The van der Waals surface area contributed by atoms with Crippen molar-refractivity contribution < 1.29 is 19.4 Å².